The number of nitrogens with zero attached hydrogens (tertiary/aromatic N) is 2. The van der Waals surface area contributed by atoms with Crippen molar-refractivity contribution in [3.63, 3.8) is 0 Å². The van der Waals surface area contributed by atoms with E-state index in [1.54, 1.807) is 6.07 Å². The van der Waals surface area contributed by atoms with Gasteiger partial charge in [0.2, 0.25) is 10.0 Å². The molecule has 116 valence electrons. The summed E-state index contributed by atoms with van der Waals surface area (Å²) in [5.74, 6) is 0. The van der Waals surface area contributed by atoms with Gasteiger partial charge in [-0.2, -0.15) is 4.31 Å². The van der Waals surface area contributed by atoms with Crippen LogP contribution in [-0.4, -0.2) is 41.8 Å². The lowest BCUT2D eigenvalue weighted by molar-refractivity contribution is 0.393. The van der Waals surface area contributed by atoms with E-state index in [9.17, 15) is 8.42 Å². The van der Waals surface area contributed by atoms with E-state index in [2.05, 4.69) is 9.97 Å². The van der Waals surface area contributed by atoms with Gasteiger partial charge < -0.3 is 10.7 Å². The standard InChI is InChI=1S/C12H15ClN4O2S.ClH/c13-9-3-4-15-12-11(9)10(7-16-12)20(18,19)17-5-1-2-8(17)6-14;/h3-4,7-8H,1-2,5-6,14H2,(H,15,16);1H. The van der Waals surface area contributed by atoms with Crippen LogP contribution in [0.25, 0.3) is 11.0 Å². The Morgan fingerprint density at radius 2 is 2.29 bits per heavy atom. The normalized spacial score (nSPS) is 19.8. The summed E-state index contributed by atoms with van der Waals surface area (Å²) < 4.78 is 27.1. The molecule has 1 aliphatic rings. The molecule has 21 heavy (non-hydrogen) atoms. The molecule has 0 bridgehead atoms. The number of hydrogen-bond acceptors (Lipinski definition) is 4. The lowest BCUT2D eigenvalue weighted by Crippen LogP contribution is -2.39. The number of nitrogens with two attached hydrogens (primary N) is 1. The van der Waals surface area contributed by atoms with Gasteiger partial charge in [-0.05, 0) is 18.9 Å². The summed E-state index contributed by atoms with van der Waals surface area (Å²) in [4.78, 5) is 7.13. The van der Waals surface area contributed by atoms with Gasteiger partial charge in [-0.25, -0.2) is 13.4 Å². The van der Waals surface area contributed by atoms with Crippen molar-refractivity contribution < 1.29 is 8.42 Å². The smallest absolute Gasteiger partial charge is 0.245 e. The van der Waals surface area contributed by atoms with Crippen LogP contribution in [0, 0.1) is 0 Å². The molecule has 9 heteroatoms. The number of nitrogens with one attached hydrogen (secondary N) is 1. The largest absolute Gasteiger partial charge is 0.345 e. The molecule has 3 heterocycles. The third kappa shape index (κ3) is 2.64. The van der Waals surface area contributed by atoms with Crippen molar-refractivity contribution in [1.29, 1.82) is 0 Å². The van der Waals surface area contributed by atoms with Gasteiger partial charge in [0.1, 0.15) is 10.5 Å². The molecule has 0 amide bonds. The van der Waals surface area contributed by atoms with Crippen LogP contribution in [0.5, 0.6) is 0 Å². The van der Waals surface area contributed by atoms with Crippen molar-refractivity contribution in [2.24, 2.45) is 5.73 Å². The van der Waals surface area contributed by atoms with E-state index in [0.29, 0.717) is 29.1 Å². The number of hydrogen-bond donors (Lipinski definition) is 2. The van der Waals surface area contributed by atoms with Crippen LogP contribution in [-0.2, 0) is 10.0 Å². The zero-order chi connectivity index (χ0) is 14.3. The Bertz CT molecular complexity index is 747. The summed E-state index contributed by atoms with van der Waals surface area (Å²) in [7, 11) is -3.61. The van der Waals surface area contributed by atoms with Gasteiger partial charge in [-0.1, -0.05) is 11.6 Å². The van der Waals surface area contributed by atoms with E-state index < -0.39 is 10.0 Å². The highest BCUT2D eigenvalue weighted by atomic mass is 35.5. The van der Waals surface area contributed by atoms with Crippen LogP contribution in [0.1, 0.15) is 12.8 Å². The molecular formula is C12H16Cl2N4O2S. The first-order chi connectivity index (χ1) is 9.55. The maximum atomic E-state index is 12.8. The topological polar surface area (TPSA) is 92.1 Å². The lowest BCUT2D eigenvalue weighted by Gasteiger charge is -2.22. The summed E-state index contributed by atoms with van der Waals surface area (Å²) in [6.45, 7) is 0.822. The van der Waals surface area contributed by atoms with Crippen molar-refractivity contribution in [3.05, 3.63) is 23.5 Å². The number of pyridine rings is 1. The third-order valence-electron chi connectivity index (χ3n) is 3.67. The highest BCUT2D eigenvalue weighted by Crippen LogP contribution is 2.33. The molecule has 1 saturated heterocycles. The molecule has 0 aliphatic carbocycles. The monoisotopic (exact) mass is 350 g/mol. The van der Waals surface area contributed by atoms with E-state index in [0.717, 1.165) is 12.8 Å². The summed E-state index contributed by atoms with van der Waals surface area (Å²) in [6.07, 6.45) is 4.61. The summed E-state index contributed by atoms with van der Waals surface area (Å²) in [5.41, 5.74) is 6.14. The van der Waals surface area contributed by atoms with Crippen molar-refractivity contribution >= 4 is 45.1 Å². The Kier molecular flexibility index (Phi) is 4.79. The molecule has 1 aliphatic heterocycles. The van der Waals surface area contributed by atoms with Gasteiger partial charge in [-0.3, -0.25) is 0 Å². The second kappa shape index (κ2) is 6.10. The van der Waals surface area contributed by atoms with Crippen LogP contribution in [0.2, 0.25) is 5.02 Å². The Hall–Kier alpha value is -0.860. The molecule has 1 atom stereocenters. The average molecular weight is 351 g/mol. The average Bonchev–Trinajstić information content (AvgIpc) is 3.06. The number of H-pyrrole nitrogens is 1. The third-order valence-corrected chi connectivity index (χ3v) is 5.96. The minimum atomic E-state index is -3.61. The van der Waals surface area contributed by atoms with Gasteiger partial charge in [0, 0.05) is 31.5 Å². The van der Waals surface area contributed by atoms with Gasteiger partial charge in [0.05, 0.1) is 10.4 Å². The zero-order valence-electron chi connectivity index (χ0n) is 11.1. The van der Waals surface area contributed by atoms with E-state index >= 15 is 0 Å². The molecule has 6 nitrogen and oxygen atoms in total. The SMILES string of the molecule is Cl.NCC1CCCN1S(=O)(=O)c1c[nH]c2nccc(Cl)c12. The quantitative estimate of drug-likeness (QED) is 0.881. The number of aromatic amines is 1. The van der Waals surface area contributed by atoms with Crippen molar-refractivity contribution in [2.45, 2.75) is 23.8 Å². The number of rotatable bonds is 3. The first-order valence-corrected chi connectivity index (χ1v) is 8.21. The molecule has 2 aromatic rings. The van der Waals surface area contributed by atoms with Crippen LogP contribution in [0.3, 0.4) is 0 Å². The van der Waals surface area contributed by atoms with E-state index in [4.69, 9.17) is 17.3 Å². The van der Waals surface area contributed by atoms with Gasteiger partial charge in [-0.15, -0.1) is 12.4 Å². The highest BCUT2D eigenvalue weighted by molar-refractivity contribution is 7.89. The van der Waals surface area contributed by atoms with Gasteiger partial charge in [0.25, 0.3) is 0 Å². The van der Waals surface area contributed by atoms with Crippen LogP contribution in [0.4, 0.5) is 0 Å². The Morgan fingerprint density at radius 1 is 1.52 bits per heavy atom. The second-order valence-electron chi connectivity index (χ2n) is 4.82. The molecule has 1 fully saturated rings. The minimum absolute atomic E-state index is 0. The highest BCUT2D eigenvalue weighted by Gasteiger charge is 2.36. The van der Waals surface area contributed by atoms with Gasteiger partial charge in [0.15, 0.2) is 0 Å². The number of halogens is 2. The molecule has 0 radical (unpaired) electrons. The summed E-state index contributed by atoms with van der Waals surface area (Å²) >= 11 is 6.12. The molecule has 1 unspecified atom stereocenters. The van der Waals surface area contributed by atoms with E-state index in [1.165, 1.54) is 16.7 Å². The zero-order valence-corrected chi connectivity index (χ0v) is 13.5. The summed E-state index contributed by atoms with van der Waals surface area (Å²) in [6, 6.07) is 1.45. The van der Waals surface area contributed by atoms with Crippen LogP contribution < -0.4 is 5.73 Å². The Balaban J connectivity index is 0.00000161. The maximum absolute atomic E-state index is 12.8. The molecule has 0 spiro atoms. The van der Waals surface area contributed by atoms with Crippen LogP contribution >= 0.6 is 24.0 Å². The molecule has 3 N–H and O–H groups in total. The molecule has 0 saturated carbocycles. The number of aromatic nitrogens is 2. The van der Waals surface area contributed by atoms with Crippen molar-refractivity contribution in [2.75, 3.05) is 13.1 Å². The predicted molar refractivity (Wildman–Crippen MR) is 84.3 cm³/mol. The predicted octanol–water partition coefficient (Wildman–Crippen LogP) is 1.75. The summed E-state index contributed by atoms with van der Waals surface area (Å²) in [5, 5.41) is 0.815. The number of fused-ring (bicyclic) bond motifs is 1. The Labute approximate surface area is 134 Å². The Morgan fingerprint density at radius 3 is 3.00 bits per heavy atom. The molecule has 3 rings (SSSR count). The fourth-order valence-corrected chi connectivity index (χ4v) is 4.86. The van der Waals surface area contributed by atoms with Crippen molar-refractivity contribution in [3.8, 4) is 0 Å². The number of sulfonamides is 1. The first kappa shape index (κ1) is 16.5. The van der Waals surface area contributed by atoms with E-state index in [1.807, 2.05) is 0 Å². The fourth-order valence-electron chi connectivity index (χ4n) is 2.68. The minimum Gasteiger partial charge on any atom is -0.345 e. The van der Waals surface area contributed by atoms with E-state index in [-0.39, 0.29) is 23.3 Å². The first-order valence-electron chi connectivity index (χ1n) is 6.39. The maximum Gasteiger partial charge on any atom is 0.245 e. The second-order valence-corrected chi connectivity index (χ2v) is 7.08. The van der Waals surface area contributed by atoms with Crippen LogP contribution in [0.15, 0.2) is 23.4 Å². The molecule has 0 aromatic carbocycles. The fraction of sp³-hybridized carbons (Fsp3) is 0.417. The van der Waals surface area contributed by atoms with Crippen molar-refractivity contribution in [1.82, 2.24) is 14.3 Å². The molecular weight excluding hydrogens is 335 g/mol. The van der Waals surface area contributed by atoms with Gasteiger partial charge >= 0.3 is 0 Å². The molecule has 2 aromatic heterocycles. The lowest BCUT2D eigenvalue weighted by atomic mass is 10.2.